The normalized spacial score (nSPS) is 20.7. The summed E-state index contributed by atoms with van der Waals surface area (Å²) < 4.78 is 15.7. The fourth-order valence-corrected chi connectivity index (χ4v) is 4.06. The molecule has 1 aromatic carbocycles. The van der Waals surface area contributed by atoms with Gasteiger partial charge in [-0.1, -0.05) is 0 Å². The standard InChI is InChI=1S/C20H27FN4O/c1-4-25-17-8-7-15(21)11-16(17)22-18(25)12-24-10-9-23(13-20(24,2)3)19(26)14-5-6-14/h7-8,11,14H,4-6,9-10,12-13H2,1-3H3. The van der Waals surface area contributed by atoms with E-state index in [1.165, 1.54) is 12.1 Å². The van der Waals surface area contributed by atoms with Crippen molar-refractivity contribution in [1.29, 1.82) is 0 Å². The highest BCUT2D eigenvalue weighted by atomic mass is 19.1. The summed E-state index contributed by atoms with van der Waals surface area (Å²) in [5, 5.41) is 0. The average Bonchev–Trinajstić information content (AvgIpc) is 3.37. The number of hydrogen-bond donors (Lipinski definition) is 0. The first-order valence-corrected chi connectivity index (χ1v) is 9.57. The number of amides is 1. The minimum absolute atomic E-state index is 0.106. The van der Waals surface area contributed by atoms with E-state index >= 15 is 0 Å². The van der Waals surface area contributed by atoms with Gasteiger partial charge in [-0.25, -0.2) is 9.37 Å². The molecule has 0 unspecified atom stereocenters. The van der Waals surface area contributed by atoms with Gasteiger partial charge < -0.3 is 9.47 Å². The van der Waals surface area contributed by atoms with Crippen LogP contribution >= 0.6 is 0 Å². The molecule has 1 aromatic heterocycles. The largest absolute Gasteiger partial charge is 0.339 e. The van der Waals surface area contributed by atoms with Crippen LogP contribution in [0, 0.1) is 11.7 Å². The number of aromatic nitrogens is 2. The predicted molar refractivity (Wildman–Crippen MR) is 99.2 cm³/mol. The third kappa shape index (κ3) is 3.11. The zero-order chi connectivity index (χ0) is 18.5. The highest BCUT2D eigenvalue weighted by Gasteiger charge is 2.40. The second-order valence-electron chi connectivity index (χ2n) is 8.17. The van der Waals surface area contributed by atoms with E-state index < -0.39 is 0 Å². The van der Waals surface area contributed by atoms with Crippen LogP contribution in [0.2, 0.25) is 0 Å². The van der Waals surface area contributed by atoms with Crippen molar-refractivity contribution < 1.29 is 9.18 Å². The maximum Gasteiger partial charge on any atom is 0.225 e. The van der Waals surface area contributed by atoms with E-state index in [4.69, 9.17) is 4.98 Å². The summed E-state index contributed by atoms with van der Waals surface area (Å²) >= 11 is 0. The molecule has 1 aliphatic heterocycles. The first-order chi connectivity index (χ1) is 12.4. The number of rotatable bonds is 4. The number of piperazine rings is 1. The molecule has 4 rings (SSSR count). The fraction of sp³-hybridized carbons (Fsp3) is 0.600. The minimum atomic E-state index is -0.252. The van der Waals surface area contributed by atoms with Crippen LogP contribution in [0.5, 0.6) is 0 Å². The van der Waals surface area contributed by atoms with Crippen molar-refractivity contribution in [1.82, 2.24) is 19.4 Å². The quantitative estimate of drug-likeness (QED) is 0.844. The summed E-state index contributed by atoms with van der Waals surface area (Å²) in [7, 11) is 0. The van der Waals surface area contributed by atoms with Crippen molar-refractivity contribution in [3.8, 4) is 0 Å². The lowest BCUT2D eigenvalue weighted by Gasteiger charge is -2.47. The summed E-state index contributed by atoms with van der Waals surface area (Å²) in [6.07, 6.45) is 2.10. The van der Waals surface area contributed by atoms with Gasteiger partial charge in [-0.05, 0) is 45.7 Å². The number of carbonyl (C=O) groups is 1. The highest BCUT2D eigenvalue weighted by molar-refractivity contribution is 5.81. The Kier molecular flexibility index (Phi) is 4.26. The third-order valence-corrected chi connectivity index (χ3v) is 5.75. The maximum absolute atomic E-state index is 13.6. The van der Waals surface area contributed by atoms with Crippen LogP contribution in [-0.4, -0.2) is 50.4 Å². The summed E-state index contributed by atoms with van der Waals surface area (Å²) in [6.45, 7) is 10.4. The first kappa shape index (κ1) is 17.5. The molecule has 6 heteroatoms. The van der Waals surface area contributed by atoms with Gasteiger partial charge in [-0.2, -0.15) is 0 Å². The molecule has 0 radical (unpaired) electrons. The lowest BCUT2D eigenvalue weighted by atomic mass is 9.98. The van der Waals surface area contributed by atoms with Gasteiger partial charge in [0.25, 0.3) is 0 Å². The van der Waals surface area contributed by atoms with Gasteiger partial charge in [0, 0.05) is 43.7 Å². The number of fused-ring (bicyclic) bond motifs is 1. The Balaban J connectivity index is 1.55. The number of nitrogens with zero attached hydrogens (tertiary/aromatic N) is 4. The van der Waals surface area contributed by atoms with E-state index in [1.54, 1.807) is 0 Å². The second kappa shape index (κ2) is 6.34. The van der Waals surface area contributed by atoms with E-state index in [-0.39, 0.29) is 17.3 Å². The van der Waals surface area contributed by atoms with Crippen molar-refractivity contribution in [3.63, 3.8) is 0 Å². The fourth-order valence-electron chi connectivity index (χ4n) is 4.06. The van der Waals surface area contributed by atoms with Crippen LogP contribution < -0.4 is 0 Å². The Hall–Kier alpha value is -1.95. The van der Waals surface area contributed by atoms with Crippen molar-refractivity contribution >= 4 is 16.9 Å². The molecule has 5 nitrogen and oxygen atoms in total. The molecule has 1 saturated heterocycles. The minimum Gasteiger partial charge on any atom is -0.339 e. The molecule has 2 aromatic rings. The molecule has 2 aliphatic rings. The van der Waals surface area contributed by atoms with Crippen molar-refractivity contribution in [2.24, 2.45) is 5.92 Å². The van der Waals surface area contributed by atoms with Gasteiger partial charge in [-0.3, -0.25) is 9.69 Å². The van der Waals surface area contributed by atoms with Crippen molar-refractivity contribution in [3.05, 3.63) is 29.8 Å². The Morgan fingerprint density at radius 3 is 2.73 bits per heavy atom. The Morgan fingerprint density at radius 2 is 2.08 bits per heavy atom. The van der Waals surface area contributed by atoms with Crippen molar-refractivity contribution in [2.45, 2.75) is 52.2 Å². The monoisotopic (exact) mass is 358 g/mol. The second-order valence-corrected chi connectivity index (χ2v) is 8.17. The lowest BCUT2D eigenvalue weighted by Crippen LogP contribution is -2.60. The number of halogens is 1. The number of hydrogen-bond acceptors (Lipinski definition) is 3. The van der Waals surface area contributed by atoms with E-state index in [0.29, 0.717) is 18.0 Å². The molecule has 0 N–H and O–H groups in total. The van der Waals surface area contributed by atoms with E-state index in [2.05, 4.69) is 30.2 Å². The molecule has 26 heavy (non-hydrogen) atoms. The number of imidazole rings is 1. The average molecular weight is 358 g/mol. The Bertz CT molecular complexity index is 840. The number of aryl methyl sites for hydroxylation is 1. The van der Waals surface area contributed by atoms with Crippen LogP contribution in [0.4, 0.5) is 4.39 Å². The van der Waals surface area contributed by atoms with E-state index in [1.807, 2.05) is 11.0 Å². The molecule has 1 amide bonds. The third-order valence-electron chi connectivity index (χ3n) is 5.75. The SMILES string of the molecule is CCn1c(CN2CCN(C(=O)C3CC3)CC2(C)C)nc2cc(F)ccc21. The van der Waals surface area contributed by atoms with Gasteiger partial charge in [0.15, 0.2) is 0 Å². The molecular formula is C20H27FN4O. The summed E-state index contributed by atoms with van der Waals surface area (Å²) in [6, 6.07) is 4.80. The van der Waals surface area contributed by atoms with Crippen LogP contribution in [0.3, 0.4) is 0 Å². The lowest BCUT2D eigenvalue weighted by molar-refractivity contribution is -0.137. The summed E-state index contributed by atoms with van der Waals surface area (Å²) in [5.74, 6) is 1.31. The highest BCUT2D eigenvalue weighted by Crippen LogP contribution is 2.33. The van der Waals surface area contributed by atoms with Crippen molar-refractivity contribution in [2.75, 3.05) is 19.6 Å². The molecule has 0 spiro atoms. The van der Waals surface area contributed by atoms with Gasteiger partial charge in [-0.15, -0.1) is 0 Å². The summed E-state index contributed by atoms with van der Waals surface area (Å²) in [5.41, 5.74) is 1.58. The Labute approximate surface area is 153 Å². The predicted octanol–water partition coefficient (Wildman–Crippen LogP) is 3.03. The zero-order valence-corrected chi connectivity index (χ0v) is 15.8. The van der Waals surface area contributed by atoms with Crippen LogP contribution in [0.25, 0.3) is 11.0 Å². The van der Waals surface area contributed by atoms with E-state index in [0.717, 1.165) is 50.4 Å². The van der Waals surface area contributed by atoms with Gasteiger partial charge in [0.1, 0.15) is 11.6 Å². The summed E-state index contributed by atoms with van der Waals surface area (Å²) in [4.78, 5) is 21.5. The van der Waals surface area contributed by atoms with Crippen LogP contribution in [-0.2, 0) is 17.9 Å². The van der Waals surface area contributed by atoms with Gasteiger partial charge >= 0.3 is 0 Å². The molecule has 1 saturated carbocycles. The van der Waals surface area contributed by atoms with Crippen LogP contribution in [0.15, 0.2) is 18.2 Å². The molecule has 0 atom stereocenters. The zero-order valence-electron chi connectivity index (χ0n) is 15.8. The maximum atomic E-state index is 13.6. The van der Waals surface area contributed by atoms with Gasteiger partial charge in [0.05, 0.1) is 17.6 Å². The molecule has 0 bridgehead atoms. The van der Waals surface area contributed by atoms with Gasteiger partial charge in [0.2, 0.25) is 5.91 Å². The molecule has 140 valence electrons. The first-order valence-electron chi connectivity index (χ1n) is 9.57. The molecule has 2 heterocycles. The Morgan fingerprint density at radius 1 is 1.31 bits per heavy atom. The molecular weight excluding hydrogens is 331 g/mol. The molecule has 2 fully saturated rings. The molecule has 1 aliphatic carbocycles. The smallest absolute Gasteiger partial charge is 0.225 e. The number of carbonyl (C=O) groups excluding carboxylic acids is 1. The van der Waals surface area contributed by atoms with E-state index in [9.17, 15) is 9.18 Å². The van der Waals surface area contributed by atoms with Crippen LogP contribution in [0.1, 0.15) is 39.4 Å². The topological polar surface area (TPSA) is 41.4 Å². The number of benzene rings is 1.